The Morgan fingerprint density at radius 2 is 2.17 bits per heavy atom. The molecule has 1 aromatic heterocycles. The molecule has 2 amide bonds. The maximum atomic E-state index is 12.7. The van der Waals surface area contributed by atoms with Gasteiger partial charge >= 0.3 is 12.2 Å². The number of urea groups is 1. The summed E-state index contributed by atoms with van der Waals surface area (Å²) in [6.07, 6.45) is -0.140. The van der Waals surface area contributed by atoms with Gasteiger partial charge in [-0.2, -0.15) is 18.2 Å². The molecule has 0 atom stereocenters. The number of amides is 2. The van der Waals surface area contributed by atoms with Gasteiger partial charge in [0.15, 0.2) is 0 Å². The zero-order valence-electron chi connectivity index (χ0n) is 12.0. The first kappa shape index (κ1) is 16.8. The molecule has 23 heavy (non-hydrogen) atoms. The van der Waals surface area contributed by atoms with Crippen molar-refractivity contribution < 1.29 is 22.8 Å². The molecule has 0 aliphatic carbocycles. The van der Waals surface area contributed by atoms with Gasteiger partial charge in [-0.3, -0.25) is 4.84 Å². The average molecular weight is 328 g/mol. The number of aromatic amines is 1. The summed E-state index contributed by atoms with van der Waals surface area (Å²) in [5, 5.41) is 0.653. The molecule has 0 fully saturated rings. The van der Waals surface area contributed by atoms with Crippen LogP contribution >= 0.6 is 0 Å². The fourth-order valence-corrected chi connectivity index (χ4v) is 1.91. The van der Waals surface area contributed by atoms with E-state index in [-0.39, 0.29) is 12.3 Å². The second kappa shape index (κ2) is 7.14. The van der Waals surface area contributed by atoms with Gasteiger partial charge in [0.2, 0.25) is 0 Å². The van der Waals surface area contributed by atoms with Crippen LogP contribution in [-0.4, -0.2) is 22.6 Å². The van der Waals surface area contributed by atoms with E-state index in [2.05, 4.69) is 9.97 Å². The van der Waals surface area contributed by atoms with Crippen LogP contribution in [0.4, 0.5) is 23.7 Å². The molecule has 9 heteroatoms. The smallest absolute Gasteiger partial charge is 0.351 e. The standard InChI is InChI=1S/C14H15F3N4O2/c15-14(16,17)10-3-1-5-12(7-10)21(13(18)22)23-6-2-4-11-8-19-9-20-11/h1,3,5,7-9H,2,4,6H2,(H2,18,22)(H,19,20). The molecule has 0 saturated heterocycles. The minimum atomic E-state index is -4.51. The number of primary amides is 1. The SMILES string of the molecule is NC(=O)N(OCCCc1c[nH]cn1)c1cccc(C(F)(F)F)c1. The normalized spacial score (nSPS) is 11.4. The fraction of sp³-hybridized carbons (Fsp3) is 0.286. The van der Waals surface area contributed by atoms with Gasteiger partial charge in [0.05, 0.1) is 29.9 Å². The molecule has 0 aliphatic rings. The number of anilines is 1. The molecule has 0 aliphatic heterocycles. The van der Waals surface area contributed by atoms with E-state index >= 15 is 0 Å². The third kappa shape index (κ3) is 4.71. The van der Waals surface area contributed by atoms with Crippen molar-refractivity contribution in [1.82, 2.24) is 9.97 Å². The predicted octanol–water partition coefficient (Wildman–Crippen LogP) is 2.88. The molecule has 6 nitrogen and oxygen atoms in total. The highest BCUT2D eigenvalue weighted by molar-refractivity contribution is 5.88. The Balaban J connectivity index is 1.99. The molecule has 0 saturated carbocycles. The van der Waals surface area contributed by atoms with Crippen LogP contribution in [0.15, 0.2) is 36.8 Å². The summed E-state index contributed by atoms with van der Waals surface area (Å²) in [6.45, 7) is 0.103. The zero-order chi connectivity index (χ0) is 16.9. The molecule has 124 valence electrons. The van der Waals surface area contributed by atoms with Gasteiger partial charge in [0.1, 0.15) is 0 Å². The Bertz CT molecular complexity index is 644. The number of nitrogens with two attached hydrogens (primary N) is 1. The summed E-state index contributed by atoms with van der Waals surface area (Å²) >= 11 is 0. The summed E-state index contributed by atoms with van der Waals surface area (Å²) in [7, 11) is 0. The Labute approximate surface area is 130 Å². The molecular formula is C14H15F3N4O2. The quantitative estimate of drug-likeness (QED) is 0.632. The Hall–Kier alpha value is -2.55. The molecule has 1 heterocycles. The van der Waals surface area contributed by atoms with E-state index in [0.717, 1.165) is 17.8 Å². The second-order valence-electron chi connectivity index (χ2n) is 4.68. The number of aromatic nitrogens is 2. The second-order valence-corrected chi connectivity index (χ2v) is 4.68. The average Bonchev–Trinajstić information content (AvgIpc) is 2.99. The highest BCUT2D eigenvalue weighted by Gasteiger charge is 2.31. The van der Waals surface area contributed by atoms with Crippen LogP contribution in [0.1, 0.15) is 17.7 Å². The predicted molar refractivity (Wildman–Crippen MR) is 76.4 cm³/mol. The van der Waals surface area contributed by atoms with Crippen LogP contribution in [0.3, 0.4) is 0 Å². The van der Waals surface area contributed by atoms with Crippen molar-refractivity contribution in [3.63, 3.8) is 0 Å². The molecule has 0 unspecified atom stereocenters. The van der Waals surface area contributed by atoms with Gasteiger partial charge in [0, 0.05) is 6.20 Å². The topological polar surface area (TPSA) is 84.2 Å². The van der Waals surface area contributed by atoms with Crippen molar-refractivity contribution in [2.24, 2.45) is 5.73 Å². The van der Waals surface area contributed by atoms with Gasteiger partial charge in [-0.1, -0.05) is 6.07 Å². The first-order valence-electron chi connectivity index (χ1n) is 6.75. The molecular weight excluding hydrogens is 313 g/mol. The number of alkyl halides is 3. The fourth-order valence-electron chi connectivity index (χ4n) is 1.91. The lowest BCUT2D eigenvalue weighted by Gasteiger charge is -2.20. The van der Waals surface area contributed by atoms with E-state index in [4.69, 9.17) is 10.6 Å². The van der Waals surface area contributed by atoms with Crippen LogP contribution in [0.2, 0.25) is 0 Å². The molecule has 3 N–H and O–H groups in total. The third-order valence-corrected chi connectivity index (χ3v) is 2.96. The van der Waals surface area contributed by atoms with Gasteiger partial charge in [-0.15, -0.1) is 0 Å². The monoisotopic (exact) mass is 328 g/mol. The number of nitrogens with zero attached hydrogens (tertiary/aromatic N) is 2. The summed E-state index contributed by atoms with van der Waals surface area (Å²) < 4.78 is 38.1. The van der Waals surface area contributed by atoms with E-state index < -0.39 is 17.8 Å². The van der Waals surface area contributed by atoms with E-state index in [9.17, 15) is 18.0 Å². The summed E-state index contributed by atoms with van der Waals surface area (Å²) in [5.74, 6) is 0. The number of carbonyl (C=O) groups excluding carboxylic acids is 1. The van der Waals surface area contributed by atoms with Gasteiger partial charge in [-0.25, -0.2) is 9.78 Å². The summed E-state index contributed by atoms with van der Waals surface area (Å²) in [4.78, 5) is 23.4. The van der Waals surface area contributed by atoms with Gasteiger partial charge in [0.25, 0.3) is 0 Å². The first-order chi connectivity index (χ1) is 10.9. The van der Waals surface area contributed by atoms with E-state index in [0.29, 0.717) is 17.9 Å². The highest BCUT2D eigenvalue weighted by atomic mass is 19.4. The maximum absolute atomic E-state index is 12.7. The lowest BCUT2D eigenvalue weighted by atomic mass is 10.2. The zero-order valence-corrected chi connectivity index (χ0v) is 12.0. The van der Waals surface area contributed by atoms with Crippen molar-refractivity contribution in [3.8, 4) is 0 Å². The minimum absolute atomic E-state index is 0.0768. The largest absolute Gasteiger partial charge is 0.416 e. The Morgan fingerprint density at radius 3 is 2.78 bits per heavy atom. The number of halogens is 3. The molecule has 0 radical (unpaired) electrons. The summed E-state index contributed by atoms with van der Waals surface area (Å²) in [5.41, 5.74) is 5.02. The number of H-pyrrole nitrogens is 1. The van der Waals surface area contributed by atoms with Crippen molar-refractivity contribution in [3.05, 3.63) is 48.0 Å². The van der Waals surface area contributed by atoms with Crippen LogP contribution in [0.5, 0.6) is 0 Å². The number of aryl methyl sites for hydroxylation is 1. The maximum Gasteiger partial charge on any atom is 0.416 e. The minimum Gasteiger partial charge on any atom is -0.351 e. The van der Waals surface area contributed by atoms with E-state index in [1.807, 2.05) is 0 Å². The third-order valence-electron chi connectivity index (χ3n) is 2.96. The number of imidazole rings is 1. The number of carbonyl (C=O) groups is 1. The van der Waals surface area contributed by atoms with Crippen LogP contribution in [0.25, 0.3) is 0 Å². The van der Waals surface area contributed by atoms with Crippen LogP contribution in [-0.2, 0) is 17.4 Å². The molecule has 1 aromatic carbocycles. The summed E-state index contributed by atoms with van der Waals surface area (Å²) in [6, 6.07) is 3.21. The van der Waals surface area contributed by atoms with E-state index in [1.54, 1.807) is 6.20 Å². The highest BCUT2D eigenvalue weighted by Crippen LogP contribution is 2.31. The van der Waals surface area contributed by atoms with Crippen molar-refractivity contribution in [2.45, 2.75) is 19.0 Å². The number of rotatable bonds is 6. The number of hydroxylamine groups is 1. The molecule has 0 spiro atoms. The Morgan fingerprint density at radius 1 is 1.39 bits per heavy atom. The number of hydrogen-bond donors (Lipinski definition) is 2. The van der Waals surface area contributed by atoms with Gasteiger partial charge in [-0.05, 0) is 31.0 Å². The van der Waals surface area contributed by atoms with Crippen LogP contribution < -0.4 is 10.8 Å². The van der Waals surface area contributed by atoms with Crippen molar-refractivity contribution in [1.29, 1.82) is 0 Å². The number of benzene rings is 1. The lowest BCUT2D eigenvalue weighted by Crippen LogP contribution is -2.36. The van der Waals surface area contributed by atoms with Crippen molar-refractivity contribution >= 4 is 11.7 Å². The Kier molecular flexibility index (Phi) is 5.22. The molecule has 2 aromatic rings. The van der Waals surface area contributed by atoms with Crippen molar-refractivity contribution in [2.75, 3.05) is 11.7 Å². The van der Waals surface area contributed by atoms with Gasteiger partial charge < -0.3 is 10.7 Å². The van der Waals surface area contributed by atoms with E-state index in [1.165, 1.54) is 18.5 Å². The first-order valence-corrected chi connectivity index (χ1v) is 6.75. The van der Waals surface area contributed by atoms with Crippen LogP contribution in [0, 0.1) is 0 Å². The molecule has 2 rings (SSSR count). The number of nitrogens with one attached hydrogen (secondary N) is 1. The molecule has 0 bridgehead atoms. The lowest BCUT2D eigenvalue weighted by molar-refractivity contribution is -0.137. The number of hydrogen-bond acceptors (Lipinski definition) is 3.